The molecule has 2 rings (SSSR count). The number of aromatic hydroxyl groups is 1. The van der Waals surface area contributed by atoms with E-state index >= 15 is 0 Å². The molecule has 0 atom stereocenters. The Hall–Kier alpha value is -2.87. The number of amides is 1. The summed E-state index contributed by atoms with van der Waals surface area (Å²) in [5, 5.41) is 21.3. The fourth-order valence-electron chi connectivity index (χ4n) is 2.14. The number of pyridine rings is 1. The Labute approximate surface area is 144 Å². The van der Waals surface area contributed by atoms with E-state index in [1.54, 1.807) is 18.2 Å². The number of nitrogens with zero attached hydrogens (tertiary/aromatic N) is 1. The fraction of sp³-hybridized carbons (Fsp3) is 0.353. The average molecular weight is 348 g/mol. The number of hydrogen-bond acceptors (Lipinski definition) is 6. The van der Waals surface area contributed by atoms with E-state index < -0.39 is 18.4 Å². The van der Waals surface area contributed by atoms with Crippen molar-refractivity contribution in [3.8, 4) is 11.5 Å². The largest absolute Gasteiger partial charge is 0.505 e. The molecular formula is C17H20N2O6. The van der Waals surface area contributed by atoms with Crippen molar-refractivity contribution in [2.45, 2.75) is 13.3 Å². The van der Waals surface area contributed by atoms with Crippen LogP contribution in [0.25, 0.3) is 10.9 Å². The van der Waals surface area contributed by atoms with Gasteiger partial charge < -0.3 is 25.0 Å². The third-order valence-corrected chi connectivity index (χ3v) is 3.29. The summed E-state index contributed by atoms with van der Waals surface area (Å²) in [7, 11) is 0. The summed E-state index contributed by atoms with van der Waals surface area (Å²) in [6.07, 6.45) is 0.762. The SMILES string of the molecule is CCOCCCOc1ccc2nc(C(=O)NCC(=O)O)c(O)cc2c1. The molecule has 0 aliphatic rings. The topological polar surface area (TPSA) is 118 Å². The minimum absolute atomic E-state index is 0.223. The second-order valence-corrected chi connectivity index (χ2v) is 5.19. The first-order valence-electron chi connectivity index (χ1n) is 7.85. The van der Waals surface area contributed by atoms with Crippen LogP contribution in [0.2, 0.25) is 0 Å². The number of rotatable bonds is 9. The van der Waals surface area contributed by atoms with E-state index in [2.05, 4.69) is 10.3 Å². The van der Waals surface area contributed by atoms with Gasteiger partial charge in [-0.2, -0.15) is 0 Å². The van der Waals surface area contributed by atoms with E-state index in [0.717, 1.165) is 6.42 Å². The molecule has 1 amide bonds. The number of nitrogens with one attached hydrogen (secondary N) is 1. The van der Waals surface area contributed by atoms with E-state index in [4.69, 9.17) is 14.6 Å². The van der Waals surface area contributed by atoms with Gasteiger partial charge in [-0.3, -0.25) is 9.59 Å². The van der Waals surface area contributed by atoms with Crippen molar-refractivity contribution in [3.05, 3.63) is 30.0 Å². The Kier molecular flexibility index (Phi) is 6.53. The lowest BCUT2D eigenvalue weighted by Crippen LogP contribution is -2.29. The fourth-order valence-corrected chi connectivity index (χ4v) is 2.14. The molecule has 0 fully saturated rings. The summed E-state index contributed by atoms with van der Waals surface area (Å²) < 4.78 is 10.8. The number of aliphatic carboxylic acids is 1. The molecule has 0 bridgehead atoms. The van der Waals surface area contributed by atoms with Crippen LogP contribution < -0.4 is 10.1 Å². The number of carboxylic acids is 1. The molecule has 134 valence electrons. The molecular weight excluding hydrogens is 328 g/mol. The van der Waals surface area contributed by atoms with Gasteiger partial charge in [0.1, 0.15) is 18.0 Å². The second kappa shape index (κ2) is 8.84. The number of carbonyl (C=O) groups excluding carboxylic acids is 1. The zero-order chi connectivity index (χ0) is 18.2. The predicted molar refractivity (Wildman–Crippen MR) is 90.0 cm³/mol. The molecule has 0 unspecified atom stereocenters. The Morgan fingerprint density at radius 2 is 2.04 bits per heavy atom. The van der Waals surface area contributed by atoms with Crippen molar-refractivity contribution in [2.24, 2.45) is 0 Å². The van der Waals surface area contributed by atoms with Crippen LogP contribution in [0, 0.1) is 0 Å². The minimum atomic E-state index is -1.18. The maximum Gasteiger partial charge on any atom is 0.322 e. The summed E-state index contributed by atoms with van der Waals surface area (Å²) in [5.41, 5.74) is 0.263. The van der Waals surface area contributed by atoms with Gasteiger partial charge in [0.05, 0.1) is 12.1 Å². The normalized spacial score (nSPS) is 10.6. The third kappa shape index (κ3) is 5.32. The monoisotopic (exact) mass is 348 g/mol. The van der Waals surface area contributed by atoms with Crippen molar-refractivity contribution >= 4 is 22.8 Å². The van der Waals surface area contributed by atoms with Crippen molar-refractivity contribution < 1.29 is 29.3 Å². The number of hydrogen-bond donors (Lipinski definition) is 3. The van der Waals surface area contributed by atoms with Gasteiger partial charge in [-0.25, -0.2) is 4.98 Å². The molecule has 0 spiro atoms. The number of aromatic nitrogens is 1. The van der Waals surface area contributed by atoms with E-state index in [0.29, 0.717) is 36.5 Å². The van der Waals surface area contributed by atoms with Crippen LogP contribution in [0.1, 0.15) is 23.8 Å². The summed E-state index contributed by atoms with van der Waals surface area (Å²) in [4.78, 5) is 26.5. The van der Waals surface area contributed by atoms with Crippen LogP contribution in [-0.2, 0) is 9.53 Å². The molecule has 1 aromatic heterocycles. The Morgan fingerprint density at radius 1 is 1.24 bits per heavy atom. The van der Waals surface area contributed by atoms with Crippen LogP contribution in [0.3, 0.4) is 0 Å². The van der Waals surface area contributed by atoms with E-state index in [9.17, 15) is 14.7 Å². The number of ether oxygens (including phenoxy) is 2. The van der Waals surface area contributed by atoms with Crippen LogP contribution in [0.4, 0.5) is 0 Å². The van der Waals surface area contributed by atoms with Crippen LogP contribution >= 0.6 is 0 Å². The first kappa shape index (κ1) is 18.5. The molecule has 0 saturated carbocycles. The number of benzene rings is 1. The van der Waals surface area contributed by atoms with Crippen molar-refractivity contribution in [1.29, 1.82) is 0 Å². The number of carbonyl (C=O) groups is 2. The molecule has 0 aliphatic carbocycles. The first-order chi connectivity index (χ1) is 12.0. The number of carboxylic acid groups (broad SMARTS) is 1. The summed E-state index contributed by atoms with van der Waals surface area (Å²) in [6, 6.07) is 6.49. The van der Waals surface area contributed by atoms with Gasteiger partial charge in [-0.05, 0) is 31.2 Å². The summed E-state index contributed by atoms with van der Waals surface area (Å²) >= 11 is 0. The highest BCUT2D eigenvalue weighted by Crippen LogP contribution is 2.25. The Balaban J connectivity index is 2.09. The highest BCUT2D eigenvalue weighted by molar-refractivity contribution is 5.99. The summed E-state index contributed by atoms with van der Waals surface area (Å²) in [6.45, 7) is 3.18. The first-order valence-corrected chi connectivity index (χ1v) is 7.85. The number of fused-ring (bicyclic) bond motifs is 1. The van der Waals surface area contributed by atoms with Gasteiger partial charge in [0, 0.05) is 25.0 Å². The van der Waals surface area contributed by atoms with Crippen molar-refractivity contribution in [1.82, 2.24) is 10.3 Å². The van der Waals surface area contributed by atoms with Gasteiger partial charge in [0.15, 0.2) is 5.69 Å². The maximum absolute atomic E-state index is 11.9. The zero-order valence-corrected chi connectivity index (χ0v) is 13.8. The molecule has 0 radical (unpaired) electrons. The highest BCUT2D eigenvalue weighted by atomic mass is 16.5. The third-order valence-electron chi connectivity index (χ3n) is 3.29. The van der Waals surface area contributed by atoms with Gasteiger partial charge in [-0.1, -0.05) is 0 Å². The molecule has 0 aliphatic heterocycles. The molecule has 8 heteroatoms. The lowest BCUT2D eigenvalue weighted by molar-refractivity contribution is -0.135. The van der Waals surface area contributed by atoms with Crippen molar-refractivity contribution in [2.75, 3.05) is 26.4 Å². The van der Waals surface area contributed by atoms with Crippen LogP contribution in [0.15, 0.2) is 24.3 Å². The van der Waals surface area contributed by atoms with Gasteiger partial charge >= 0.3 is 5.97 Å². The Bertz CT molecular complexity index is 762. The lowest BCUT2D eigenvalue weighted by atomic mass is 10.1. The van der Waals surface area contributed by atoms with E-state index in [-0.39, 0.29) is 11.4 Å². The quantitative estimate of drug-likeness (QED) is 0.589. The van der Waals surface area contributed by atoms with E-state index in [1.807, 2.05) is 6.92 Å². The molecule has 3 N–H and O–H groups in total. The van der Waals surface area contributed by atoms with Crippen LogP contribution in [-0.4, -0.2) is 53.4 Å². The molecule has 1 heterocycles. The molecule has 2 aromatic rings. The summed E-state index contributed by atoms with van der Waals surface area (Å²) in [5.74, 6) is -1.64. The second-order valence-electron chi connectivity index (χ2n) is 5.19. The predicted octanol–water partition coefficient (Wildman–Crippen LogP) is 1.56. The minimum Gasteiger partial charge on any atom is -0.505 e. The van der Waals surface area contributed by atoms with Gasteiger partial charge in [0.2, 0.25) is 0 Å². The van der Waals surface area contributed by atoms with Crippen LogP contribution in [0.5, 0.6) is 11.5 Å². The Morgan fingerprint density at radius 3 is 2.76 bits per heavy atom. The molecule has 0 saturated heterocycles. The molecule has 1 aromatic carbocycles. The highest BCUT2D eigenvalue weighted by Gasteiger charge is 2.15. The smallest absolute Gasteiger partial charge is 0.322 e. The van der Waals surface area contributed by atoms with E-state index in [1.165, 1.54) is 6.07 Å². The lowest BCUT2D eigenvalue weighted by Gasteiger charge is -2.09. The van der Waals surface area contributed by atoms with Crippen molar-refractivity contribution in [3.63, 3.8) is 0 Å². The average Bonchev–Trinajstić information content (AvgIpc) is 2.58. The van der Waals surface area contributed by atoms with Gasteiger partial charge in [0.25, 0.3) is 5.91 Å². The maximum atomic E-state index is 11.9. The standard InChI is InChI=1S/C17H20N2O6/c1-2-24-6-3-7-25-12-4-5-13-11(8-12)9-14(20)16(19-13)17(23)18-10-15(21)22/h4-5,8-9,20H,2-3,6-7,10H2,1H3,(H,18,23)(H,21,22). The molecule has 25 heavy (non-hydrogen) atoms. The zero-order valence-electron chi connectivity index (χ0n) is 13.8. The van der Waals surface area contributed by atoms with Gasteiger partial charge in [-0.15, -0.1) is 0 Å². The molecule has 8 nitrogen and oxygen atoms in total.